The van der Waals surface area contributed by atoms with Crippen LogP contribution in [0.3, 0.4) is 0 Å². The number of hydrogen-bond donors (Lipinski definition) is 0. The molecule has 0 radical (unpaired) electrons. The molecule has 0 unspecified atom stereocenters. The Balaban J connectivity index is 1.50. The van der Waals surface area contributed by atoms with E-state index in [1.165, 1.54) is 5.69 Å². The molecule has 2 aromatic carbocycles. The molecule has 24 heavy (non-hydrogen) atoms. The van der Waals surface area contributed by atoms with Crippen LogP contribution in [0.4, 0.5) is 5.69 Å². The average molecular weight is 324 g/mol. The van der Waals surface area contributed by atoms with Gasteiger partial charge in [-0.2, -0.15) is 0 Å². The second kappa shape index (κ2) is 7.86. The fourth-order valence-corrected chi connectivity index (χ4v) is 3.02. The first kappa shape index (κ1) is 16.4. The van der Waals surface area contributed by atoms with Crippen molar-refractivity contribution >= 4 is 11.6 Å². The minimum atomic E-state index is 0.0635. The number of nitrogens with zero attached hydrogens (tertiary/aromatic N) is 2. The standard InChI is InChI=1S/C20H24N2O2/c1-2-17-8-6-7-11-19(17)24-16-20(23)22-14-12-21(13-15-22)18-9-4-3-5-10-18/h3-11H,2,12-16H2,1H3. The highest BCUT2D eigenvalue weighted by Crippen LogP contribution is 2.19. The van der Waals surface area contributed by atoms with Gasteiger partial charge in [-0.15, -0.1) is 0 Å². The third-order valence-electron chi connectivity index (χ3n) is 4.46. The molecule has 1 aliphatic heterocycles. The number of rotatable bonds is 5. The Morgan fingerprint density at radius 2 is 1.62 bits per heavy atom. The molecule has 126 valence electrons. The van der Waals surface area contributed by atoms with E-state index in [0.29, 0.717) is 0 Å². The van der Waals surface area contributed by atoms with E-state index in [1.54, 1.807) is 0 Å². The predicted molar refractivity (Wildman–Crippen MR) is 96.6 cm³/mol. The number of carbonyl (C=O) groups excluding carboxylic acids is 1. The molecule has 0 spiro atoms. The number of ether oxygens (including phenoxy) is 1. The fraction of sp³-hybridized carbons (Fsp3) is 0.350. The number of anilines is 1. The lowest BCUT2D eigenvalue weighted by Gasteiger charge is -2.36. The average Bonchev–Trinajstić information content (AvgIpc) is 2.67. The molecule has 1 fully saturated rings. The summed E-state index contributed by atoms with van der Waals surface area (Å²) in [6.07, 6.45) is 0.903. The highest BCUT2D eigenvalue weighted by atomic mass is 16.5. The normalized spacial score (nSPS) is 14.5. The molecule has 0 aliphatic carbocycles. The van der Waals surface area contributed by atoms with E-state index in [0.717, 1.165) is 43.9 Å². The molecule has 3 rings (SSSR count). The fourth-order valence-electron chi connectivity index (χ4n) is 3.02. The first-order valence-electron chi connectivity index (χ1n) is 8.56. The highest BCUT2D eigenvalue weighted by Gasteiger charge is 2.21. The molecule has 4 heteroatoms. The Kier molecular flexibility index (Phi) is 5.36. The molecule has 1 saturated heterocycles. The molecule has 1 amide bonds. The molecular weight excluding hydrogens is 300 g/mol. The number of aryl methyl sites for hydroxylation is 1. The number of carbonyl (C=O) groups is 1. The summed E-state index contributed by atoms with van der Waals surface area (Å²) in [5.74, 6) is 0.880. The van der Waals surface area contributed by atoms with Crippen molar-refractivity contribution in [3.8, 4) is 5.75 Å². The van der Waals surface area contributed by atoms with Crippen LogP contribution in [0, 0.1) is 0 Å². The Labute approximate surface area is 143 Å². The highest BCUT2D eigenvalue weighted by molar-refractivity contribution is 5.78. The van der Waals surface area contributed by atoms with Crippen LogP contribution in [0.25, 0.3) is 0 Å². The summed E-state index contributed by atoms with van der Waals surface area (Å²) in [5, 5.41) is 0. The smallest absolute Gasteiger partial charge is 0.260 e. The number of para-hydroxylation sites is 2. The minimum absolute atomic E-state index is 0.0635. The van der Waals surface area contributed by atoms with Crippen LogP contribution in [-0.4, -0.2) is 43.6 Å². The van der Waals surface area contributed by atoms with Gasteiger partial charge in [0.2, 0.25) is 0 Å². The van der Waals surface area contributed by atoms with Crippen molar-refractivity contribution in [2.24, 2.45) is 0 Å². The molecule has 0 aromatic heterocycles. The number of hydrogen-bond acceptors (Lipinski definition) is 3. The summed E-state index contributed by atoms with van der Waals surface area (Å²) in [6.45, 7) is 5.41. The zero-order chi connectivity index (χ0) is 16.8. The lowest BCUT2D eigenvalue weighted by atomic mass is 10.1. The van der Waals surface area contributed by atoms with Gasteiger partial charge in [-0.3, -0.25) is 4.79 Å². The molecule has 4 nitrogen and oxygen atoms in total. The maximum atomic E-state index is 12.4. The second-order valence-electron chi connectivity index (χ2n) is 5.95. The zero-order valence-electron chi connectivity index (χ0n) is 14.1. The van der Waals surface area contributed by atoms with E-state index in [4.69, 9.17) is 4.74 Å². The van der Waals surface area contributed by atoms with Crippen LogP contribution >= 0.6 is 0 Å². The summed E-state index contributed by atoms with van der Waals surface area (Å²) in [4.78, 5) is 16.6. The van der Waals surface area contributed by atoms with Crippen LogP contribution < -0.4 is 9.64 Å². The van der Waals surface area contributed by atoms with Gasteiger partial charge in [0.05, 0.1) is 0 Å². The molecule has 0 N–H and O–H groups in total. The Bertz CT molecular complexity index is 664. The number of amides is 1. The van der Waals surface area contributed by atoms with Crippen LogP contribution in [0.5, 0.6) is 5.75 Å². The summed E-state index contributed by atoms with van der Waals surface area (Å²) in [7, 11) is 0. The predicted octanol–water partition coefficient (Wildman–Crippen LogP) is 2.98. The first-order chi connectivity index (χ1) is 11.8. The molecule has 0 bridgehead atoms. The Morgan fingerprint density at radius 1 is 0.958 bits per heavy atom. The van der Waals surface area contributed by atoms with Gasteiger partial charge in [-0.05, 0) is 30.2 Å². The quantitative estimate of drug-likeness (QED) is 0.848. The monoisotopic (exact) mass is 324 g/mol. The Morgan fingerprint density at radius 3 is 2.33 bits per heavy atom. The van der Waals surface area contributed by atoms with Gasteiger partial charge in [-0.25, -0.2) is 0 Å². The van der Waals surface area contributed by atoms with Crippen LogP contribution in [-0.2, 0) is 11.2 Å². The second-order valence-corrected chi connectivity index (χ2v) is 5.95. The van der Waals surface area contributed by atoms with Crippen molar-refractivity contribution in [1.82, 2.24) is 4.90 Å². The topological polar surface area (TPSA) is 32.8 Å². The van der Waals surface area contributed by atoms with E-state index < -0.39 is 0 Å². The summed E-state index contributed by atoms with van der Waals surface area (Å²) in [6, 6.07) is 18.3. The van der Waals surface area contributed by atoms with Crippen LogP contribution in [0.2, 0.25) is 0 Å². The maximum absolute atomic E-state index is 12.4. The van der Waals surface area contributed by atoms with Gasteiger partial charge in [0.1, 0.15) is 5.75 Å². The first-order valence-corrected chi connectivity index (χ1v) is 8.56. The van der Waals surface area contributed by atoms with E-state index in [-0.39, 0.29) is 12.5 Å². The summed E-state index contributed by atoms with van der Waals surface area (Å²) < 4.78 is 5.75. The zero-order valence-corrected chi connectivity index (χ0v) is 14.1. The van der Waals surface area contributed by atoms with Crippen LogP contribution in [0.15, 0.2) is 54.6 Å². The summed E-state index contributed by atoms with van der Waals surface area (Å²) >= 11 is 0. The van der Waals surface area contributed by atoms with Gasteiger partial charge in [0.25, 0.3) is 5.91 Å². The van der Waals surface area contributed by atoms with Gasteiger partial charge in [-0.1, -0.05) is 43.3 Å². The van der Waals surface area contributed by atoms with E-state index in [2.05, 4.69) is 24.0 Å². The van der Waals surface area contributed by atoms with Gasteiger partial charge >= 0.3 is 0 Å². The lowest BCUT2D eigenvalue weighted by molar-refractivity contribution is -0.133. The molecule has 2 aromatic rings. The van der Waals surface area contributed by atoms with E-state index in [9.17, 15) is 4.79 Å². The third-order valence-corrected chi connectivity index (χ3v) is 4.46. The van der Waals surface area contributed by atoms with Crippen molar-refractivity contribution < 1.29 is 9.53 Å². The van der Waals surface area contributed by atoms with Crippen LogP contribution in [0.1, 0.15) is 12.5 Å². The van der Waals surface area contributed by atoms with Gasteiger partial charge in [0.15, 0.2) is 6.61 Å². The van der Waals surface area contributed by atoms with Crippen molar-refractivity contribution in [2.75, 3.05) is 37.7 Å². The SMILES string of the molecule is CCc1ccccc1OCC(=O)N1CCN(c2ccccc2)CC1. The van der Waals surface area contributed by atoms with Gasteiger partial charge < -0.3 is 14.5 Å². The largest absolute Gasteiger partial charge is 0.483 e. The van der Waals surface area contributed by atoms with Gasteiger partial charge in [0, 0.05) is 31.9 Å². The molecule has 0 atom stereocenters. The van der Waals surface area contributed by atoms with Crippen molar-refractivity contribution in [3.05, 3.63) is 60.2 Å². The maximum Gasteiger partial charge on any atom is 0.260 e. The molecular formula is C20H24N2O2. The van der Waals surface area contributed by atoms with E-state index >= 15 is 0 Å². The minimum Gasteiger partial charge on any atom is -0.483 e. The number of benzene rings is 2. The number of piperazine rings is 1. The van der Waals surface area contributed by atoms with Crippen molar-refractivity contribution in [1.29, 1.82) is 0 Å². The third kappa shape index (κ3) is 3.88. The van der Waals surface area contributed by atoms with E-state index in [1.807, 2.05) is 47.4 Å². The van der Waals surface area contributed by atoms with Crippen molar-refractivity contribution in [2.45, 2.75) is 13.3 Å². The lowest BCUT2D eigenvalue weighted by Crippen LogP contribution is -2.50. The molecule has 1 aliphatic rings. The van der Waals surface area contributed by atoms with Crippen molar-refractivity contribution in [3.63, 3.8) is 0 Å². The summed E-state index contributed by atoms with van der Waals surface area (Å²) in [5.41, 5.74) is 2.36. The molecule has 1 heterocycles. The Hall–Kier alpha value is -2.49. The molecule has 0 saturated carbocycles.